The van der Waals surface area contributed by atoms with Crippen molar-refractivity contribution in [3.63, 3.8) is 0 Å². The van der Waals surface area contributed by atoms with Crippen molar-refractivity contribution in [1.29, 1.82) is 0 Å². The molecule has 0 spiro atoms. The van der Waals surface area contributed by atoms with Crippen LogP contribution in [0.3, 0.4) is 0 Å². The van der Waals surface area contributed by atoms with Crippen LogP contribution in [0.1, 0.15) is 26.7 Å². The zero-order valence-corrected chi connectivity index (χ0v) is 13.6. The van der Waals surface area contributed by atoms with Gasteiger partial charge in [0.05, 0.1) is 5.75 Å². The number of nitrogen functional groups attached to an aromatic ring is 1. The molecule has 0 atom stereocenters. The Morgan fingerprint density at radius 1 is 1.40 bits per heavy atom. The first-order valence-corrected chi connectivity index (χ1v) is 9.37. The van der Waals surface area contributed by atoms with Gasteiger partial charge in [0, 0.05) is 19.1 Å². The van der Waals surface area contributed by atoms with Gasteiger partial charge in [-0.3, -0.25) is 0 Å². The fraction of sp³-hybridized carbons (Fsp3) is 0.750. The van der Waals surface area contributed by atoms with Crippen LogP contribution in [0.15, 0.2) is 4.90 Å². The van der Waals surface area contributed by atoms with E-state index in [4.69, 9.17) is 5.73 Å². The van der Waals surface area contributed by atoms with E-state index in [-0.39, 0.29) is 16.5 Å². The fourth-order valence-corrected chi connectivity index (χ4v) is 4.64. The maximum Gasteiger partial charge on any atom is 0.184 e. The lowest BCUT2D eigenvalue weighted by Gasteiger charge is -2.31. The van der Waals surface area contributed by atoms with Crippen molar-refractivity contribution in [2.45, 2.75) is 37.6 Å². The second-order valence-electron chi connectivity index (χ2n) is 4.98. The van der Waals surface area contributed by atoms with E-state index in [0.29, 0.717) is 11.0 Å². The Hall–Kier alpha value is -0.860. The van der Waals surface area contributed by atoms with Gasteiger partial charge in [0.15, 0.2) is 15.7 Å². The second kappa shape index (κ2) is 6.28. The van der Waals surface area contributed by atoms with E-state index in [2.05, 4.69) is 21.5 Å². The summed E-state index contributed by atoms with van der Waals surface area (Å²) in [6.07, 6.45) is 2.02. The van der Waals surface area contributed by atoms with E-state index in [1.54, 1.807) is 6.92 Å². The van der Waals surface area contributed by atoms with Crippen LogP contribution in [-0.2, 0) is 9.84 Å². The van der Waals surface area contributed by atoms with Gasteiger partial charge in [-0.15, -0.1) is 0 Å². The number of nitrogens with one attached hydrogen (secondary N) is 1. The molecule has 0 bridgehead atoms. The lowest BCUT2D eigenvalue weighted by Crippen LogP contribution is -2.38. The Balaban J connectivity index is 2.12. The third kappa shape index (κ3) is 3.24. The Bertz CT molecular complexity index is 548. The molecule has 8 heteroatoms. The van der Waals surface area contributed by atoms with Crippen LogP contribution in [0.2, 0.25) is 0 Å². The molecular weight excluding hydrogens is 296 g/mol. The van der Waals surface area contributed by atoms with Gasteiger partial charge in [0.25, 0.3) is 0 Å². The number of sulfone groups is 1. The highest BCUT2D eigenvalue weighted by Crippen LogP contribution is 2.33. The van der Waals surface area contributed by atoms with E-state index < -0.39 is 9.84 Å². The van der Waals surface area contributed by atoms with E-state index in [1.165, 1.54) is 0 Å². The molecule has 6 nitrogen and oxygen atoms in total. The minimum atomic E-state index is -3.33. The third-order valence-electron chi connectivity index (χ3n) is 3.74. The fourth-order valence-electron chi connectivity index (χ4n) is 2.41. The maximum absolute atomic E-state index is 12.1. The molecule has 1 aromatic heterocycles. The Kier molecular flexibility index (Phi) is 4.87. The molecule has 0 aromatic carbocycles. The number of nitrogens with two attached hydrogens (primary N) is 1. The predicted molar refractivity (Wildman–Crippen MR) is 83.0 cm³/mol. The Labute approximate surface area is 124 Å². The largest absolute Gasteiger partial charge is 0.382 e. The van der Waals surface area contributed by atoms with Gasteiger partial charge in [-0.2, -0.15) is 4.37 Å². The monoisotopic (exact) mass is 318 g/mol. The summed E-state index contributed by atoms with van der Waals surface area (Å²) >= 11 is 1.14. The molecule has 1 aliphatic heterocycles. The van der Waals surface area contributed by atoms with Crippen LogP contribution < -0.4 is 11.1 Å². The summed E-state index contributed by atoms with van der Waals surface area (Å²) in [5.74, 6) is 0.156. The average molecular weight is 318 g/mol. The maximum atomic E-state index is 12.1. The van der Waals surface area contributed by atoms with Gasteiger partial charge >= 0.3 is 0 Å². The highest BCUT2D eigenvalue weighted by atomic mass is 32.2. The van der Waals surface area contributed by atoms with Gasteiger partial charge in [-0.25, -0.2) is 8.42 Å². The van der Waals surface area contributed by atoms with Crippen LogP contribution in [0.4, 0.5) is 10.8 Å². The first-order chi connectivity index (χ1) is 9.47. The number of likely N-dealkylation sites (tertiary alicyclic amines) is 1. The van der Waals surface area contributed by atoms with Crippen molar-refractivity contribution < 1.29 is 8.42 Å². The van der Waals surface area contributed by atoms with Crippen LogP contribution in [-0.4, -0.2) is 49.1 Å². The lowest BCUT2D eigenvalue weighted by atomic mass is 10.1. The topological polar surface area (TPSA) is 88.3 Å². The molecular formula is C12H22N4O2S2. The minimum Gasteiger partial charge on any atom is -0.382 e. The molecule has 1 fully saturated rings. The van der Waals surface area contributed by atoms with Gasteiger partial charge in [0.2, 0.25) is 0 Å². The van der Waals surface area contributed by atoms with Crippen molar-refractivity contribution in [2.24, 2.45) is 0 Å². The summed E-state index contributed by atoms with van der Waals surface area (Å²) in [5, 5.41) is 3.92. The van der Waals surface area contributed by atoms with Gasteiger partial charge < -0.3 is 16.0 Å². The summed E-state index contributed by atoms with van der Waals surface area (Å²) < 4.78 is 28.2. The molecule has 1 saturated heterocycles. The van der Waals surface area contributed by atoms with E-state index in [0.717, 1.165) is 44.0 Å². The number of aromatic nitrogens is 1. The quantitative estimate of drug-likeness (QED) is 0.853. The van der Waals surface area contributed by atoms with Gasteiger partial charge in [-0.1, -0.05) is 13.8 Å². The van der Waals surface area contributed by atoms with Crippen LogP contribution >= 0.6 is 11.5 Å². The molecule has 0 unspecified atom stereocenters. The number of hydrogen-bond acceptors (Lipinski definition) is 7. The molecule has 0 amide bonds. The zero-order valence-electron chi connectivity index (χ0n) is 11.9. The van der Waals surface area contributed by atoms with E-state index in [9.17, 15) is 8.42 Å². The van der Waals surface area contributed by atoms with Crippen LogP contribution in [0, 0.1) is 0 Å². The van der Waals surface area contributed by atoms with Gasteiger partial charge in [-0.05, 0) is 30.9 Å². The number of nitrogens with zero attached hydrogens (tertiary/aromatic N) is 2. The highest BCUT2D eigenvalue weighted by molar-refractivity contribution is 7.91. The number of piperidine rings is 1. The van der Waals surface area contributed by atoms with Crippen molar-refractivity contribution in [3.05, 3.63) is 0 Å². The summed E-state index contributed by atoms with van der Waals surface area (Å²) in [7, 11) is -3.33. The first-order valence-electron chi connectivity index (χ1n) is 6.94. The SMILES string of the molecule is CCN1CCC(Nc2snc(N)c2S(=O)(=O)CC)CC1. The Morgan fingerprint density at radius 2 is 2.05 bits per heavy atom. The molecule has 2 heterocycles. The number of rotatable bonds is 5. The van der Waals surface area contributed by atoms with Crippen LogP contribution in [0.25, 0.3) is 0 Å². The van der Waals surface area contributed by atoms with Crippen molar-refractivity contribution in [2.75, 3.05) is 36.4 Å². The third-order valence-corrected chi connectivity index (χ3v) is 6.45. The van der Waals surface area contributed by atoms with Crippen LogP contribution in [0.5, 0.6) is 0 Å². The number of anilines is 2. The number of hydrogen-bond donors (Lipinski definition) is 2. The smallest absolute Gasteiger partial charge is 0.184 e. The van der Waals surface area contributed by atoms with E-state index in [1.807, 2.05) is 0 Å². The molecule has 2 rings (SSSR count). The summed E-state index contributed by atoms with van der Waals surface area (Å²) in [6, 6.07) is 0.295. The molecule has 0 radical (unpaired) electrons. The molecule has 0 aliphatic carbocycles. The molecule has 1 aliphatic rings. The minimum absolute atomic E-state index is 0.0403. The van der Waals surface area contributed by atoms with Crippen molar-refractivity contribution in [1.82, 2.24) is 9.27 Å². The Morgan fingerprint density at radius 3 is 2.60 bits per heavy atom. The normalized spacial score (nSPS) is 18.3. The summed E-state index contributed by atoms with van der Waals surface area (Å²) in [4.78, 5) is 2.58. The first kappa shape index (κ1) is 15.5. The summed E-state index contributed by atoms with van der Waals surface area (Å²) in [6.45, 7) is 6.92. The standard InChI is InChI=1S/C12H22N4O2S2/c1-3-16-7-5-9(6-8-16)14-12-10(11(13)15-19-12)20(17,18)4-2/h9,14H,3-8H2,1-2H3,(H2,13,15). The van der Waals surface area contributed by atoms with Crippen molar-refractivity contribution in [3.8, 4) is 0 Å². The predicted octanol–water partition coefficient (Wildman–Crippen LogP) is 1.42. The van der Waals surface area contributed by atoms with Gasteiger partial charge in [0.1, 0.15) is 9.90 Å². The van der Waals surface area contributed by atoms with Crippen molar-refractivity contribution >= 4 is 32.2 Å². The molecule has 20 heavy (non-hydrogen) atoms. The molecule has 1 aromatic rings. The highest BCUT2D eigenvalue weighted by Gasteiger charge is 2.26. The molecule has 3 N–H and O–H groups in total. The van der Waals surface area contributed by atoms with E-state index >= 15 is 0 Å². The zero-order chi connectivity index (χ0) is 14.8. The summed E-state index contributed by atoms with van der Waals surface area (Å²) in [5.41, 5.74) is 5.72. The molecule has 0 saturated carbocycles. The second-order valence-corrected chi connectivity index (χ2v) is 7.97. The lowest BCUT2D eigenvalue weighted by molar-refractivity contribution is 0.229. The average Bonchev–Trinajstić information content (AvgIpc) is 2.81. The molecule has 114 valence electrons.